The first-order valence-electron chi connectivity index (χ1n) is 9.78. The summed E-state index contributed by atoms with van der Waals surface area (Å²) in [5.41, 5.74) is 7.95. The van der Waals surface area contributed by atoms with Crippen LogP contribution >= 0.6 is 12.4 Å². The Kier molecular flexibility index (Phi) is 8.38. The third-order valence-corrected chi connectivity index (χ3v) is 5.69. The minimum atomic E-state index is -0.129. The molecule has 1 aliphatic heterocycles. The molecular weight excluding hydrogens is 380 g/mol. The Morgan fingerprint density at radius 3 is 2.21 bits per heavy atom. The molecule has 0 radical (unpaired) electrons. The third-order valence-electron chi connectivity index (χ3n) is 5.69. The molecule has 0 spiro atoms. The van der Waals surface area contributed by atoms with E-state index in [9.17, 15) is 9.59 Å². The molecule has 0 atom stereocenters. The summed E-state index contributed by atoms with van der Waals surface area (Å²) in [6, 6.07) is 8.46. The van der Waals surface area contributed by atoms with Crippen LogP contribution in [-0.2, 0) is 16.1 Å². The molecule has 3 N–H and O–H groups in total. The number of anilines is 1. The molecule has 0 aromatic heterocycles. The lowest BCUT2D eigenvalue weighted by molar-refractivity contribution is -0.146. The molecule has 1 aromatic carbocycles. The largest absolute Gasteiger partial charge is 0.469 e. The van der Waals surface area contributed by atoms with Gasteiger partial charge in [0.15, 0.2) is 0 Å². The van der Waals surface area contributed by atoms with E-state index in [0.717, 1.165) is 44.3 Å². The average molecular weight is 411 g/mol. The molecule has 1 aliphatic carbocycles. The van der Waals surface area contributed by atoms with Gasteiger partial charge < -0.3 is 25.6 Å². The van der Waals surface area contributed by atoms with E-state index in [-0.39, 0.29) is 36.4 Å². The summed E-state index contributed by atoms with van der Waals surface area (Å²) in [5, 5.41) is 3.14. The maximum Gasteiger partial charge on any atom is 0.317 e. The van der Waals surface area contributed by atoms with E-state index in [0.29, 0.717) is 19.6 Å². The van der Waals surface area contributed by atoms with Gasteiger partial charge in [-0.05, 0) is 43.4 Å². The SMILES string of the molecule is COC(=O)C1CCC(NC(=O)N2CCN(c3ccc(CN)cc3)CC2)CC1.Cl. The first-order valence-corrected chi connectivity index (χ1v) is 9.78. The predicted octanol–water partition coefficient (Wildman–Crippen LogP) is 2.13. The van der Waals surface area contributed by atoms with Crippen molar-refractivity contribution in [1.82, 2.24) is 10.2 Å². The van der Waals surface area contributed by atoms with Crippen LogP contribution in [0.15, 0.2) is 24.3 Å². The summed E-state index contributed by atoms with van der Waals surface area (Å²) < 4.78 is 4.82. The zero-order valence-electron chi connectivity index (χ0n) is 16.4. The summed E-state index contributed by atoms with van der Waals surface area (Å²) in [4.78, 5) is 28.3. The fourth-order valence-electron chi connectivity index (χ4n) is 3.92. The maximum atomic E-state index is 12.6. The van der Waals surface area contributed by atoms with Crippen LogP contribution in [0.1, 0.15) is 31.2 Å². The number of halogens is 1. The van der Waals surface area contributed by atoms with Crippen LogP contribution in [0.3, 0.4) is 0 Å². The number of hydrogen-bond donors (Lipinski definition) is 2. The second kappa shape index (κ2) is 10.5. The highest BCUT2D eigenvalue weighted by Gasteiger charge is 2.29. The minimum Gasteiger partial charge on any atom is -0.469 e. The van der Waals surface area contributed by atoms with Crippen LogP contribution < -0.4 is 16.0 Å². The number of nitrogens with one attached hydrogen (secondary N) is 1. The summed E-state index contributed by atoms with van der Waals surface area (Å²) in [5.74, 6) is -0.146. The minimum absolute atomic E-state index is 0. The second-order valence-electron chi connectivity index (χ2n) is 7.37. The van der Waals surface area contributed by atoms with Gasteiger partial charge in [0, 0.05) is 44.5 Å². The molecule has 1 heterocycles. The van der Waals surface area contributed by atoms with Gasteiger partial charge in [-0.3, -0.25) is 4.79 Å². The molecule has 0 bridgehead atoms. The van der Waals surface area contributed by atoms with Crippen molar-refractivity contribution in [3.05, 3.63) is 29.8 Å². The van der Waals surface area contributed by atoms with E-state index in [4.69, 9.17) is 10.5 Å². The molecule has 7 nitrogen and oxygen atoms in total. The van der Waals surface area contributed by atoms with E-state index < -0.39 is 0 Å². The summed E-state index contributed by atoms with van der Waals surface area (Å²) >= 11 is 0. The summed E-state index contributed by atoms with van der Waals surface area (Å²) in [7, 11) is 1.43. The molecule has 156 valence electrons. The lowest BCUT2D eigenvalue weighted by Crippen LogP contribution is -2.54. The Bertz CT molecular complexity index is 639. The third kappa shape index (κ3) is 5.52. The molecule has 8 heteroatoms. The highest BCUT2D eigenvalue weighted by Crippen LogP contribution is 2.25. The van der Waals surface area contributed by atoms with Gasteiger partial charge in [0.2, 0.25) is 0 Å². The smallest absolute Gasteiger partial charge is 0.317 e. The van der Waals surface area contributed by atoms with E-state index in [2.05, 4.69) is 34.5 Å². The lowest BCUT2D eigenvalue weighted by atomic mass is 9.86. The summed E-state index contributed by atoms with van der Waals surface area (Å²) in [6.45, 7) is 3.62. The topological polar surface area (TPSA) is 87.9 Å². The van der Waals surface area contributed by atoms with Crippen LogP contribution in [0.5, 0.6) is 0 Å². The Hall–Kier alpha value is -1.99. The quantitative estimate of drug-likeness (QED) is 0.742. The van der Waals surface area contributed by atoms with Crippen molar-refractivity contribution in [1.29, 1.82) is 0 Å². The highest BCUT2D eigenvalue weighted by molar-refractivity contribution is 5.85. The molecule has 1 saturated heterocycles. The molecule has 28 heavy (non-hydrogen) atoms. The molecular formula is C20H31ClN4O3. The fraction of sp³-hybridized carbons (Fsp3) is 0.600. The summed E-state index contributed by atoms with van der Waals surface area (Å²) in [6.07, 6.45) is 3.23. The molecule has 1 aromatic rings. The van der Waals surface area contributed by atoms with Gasteiger partial charge in [-0.25, -0.2) is 4.79 Å². The number of rotatable bonds is 4. The number of carbonyl (C=O) groups excluding carboxylic acids is 2. The van der Waals surface area contributed by atoms with Gasteiger partial charge in [-0.1, -0.05) is 12.1 Å². The van der Waals surface area contributed by atoms with Gasteiger partial charge in [-0.15, -0.1) is 12.4 Å². The molecule has 0 unspecified atom stereocenters. The zero-order chi connectivity index (χ0) is 19.2. The van der Waals surface area contributed by atoms with Crippen LogP contribution in [0.4, 0.5) is 10.5 Å². The number of amides is 2. The Morgan fingerprint density at radius 2 is 1.68 bits per heavy atom. The first kappa shape index (κ1) is 22.3. The van der Waals surface area contributed by atoms with Gasteiger partial charge in [-0.2, -0.15) is 0 Å². The number of nitrogens with two attached hydrogens (primary N) is 1. The van der Waals surface area contributed by atoms with E-state index in [1.54, 1.807) is 0 Å². The molecule has 1 saturated carbocycles. The first-order chi connectivity index (χ1) is 13.1. The van der Waals surface area contributed by atoms with Crippen molar-refractivity contribution >= 4 is 30.1 Å². The van der Waals surface area contributed by atoms with Crippen molar-refractivity contribution in [2.75, 3.05) is 38.2 Å². The number of ether oxygens (including phenoxy) is 1. The number of nitrogens with zero attached hydrogens (tertiary/aromatic N) is 2. The number of esters is 1. The van der Waals surface area contributed by atoms with Gasteiger partial charge >= 0.3 is 12.0 Å². The predicted molar refractivity (Wildman–Crippen MR) is 112 cm³/mol. The van der Waals surface area contributed by atoms with E-state index in [1.165, 1.54) is 12.8 Å². The zero-order valence-corrected chi connectivity index (χ0v) is 17.2. The fourth-order valence-corrected chi connectivity index (χ4v) is 3.92. The van der Waals surface area contributed by atoms with Gasteiger partial charge in [0.1, 0.15) is 0 Å². The highest BCUT2D eigenvalue weighted by atomic mass is 35.5. The second-order valence-corrected chi connectivity index (χ2v) is 7.37. The van der Waals surface area contributed by atoms with Crippen molar-refractivity contribution in [2.24, 2.45) is 11.7 Å². The standard InChI is InChI=1S/C20H30N4O3.ClH/c1-27-19(25)16-4-6-17(7-5-16)22-20(26)24-12-10-23(11-13-24)18-8-2-15(14-21)3-9-18;/h2-3,8-9,16-17H,4-7,10-14,21H2,1H3,(H,22,26);1H. The lowest BCUT2D eigenvalue weighted by Gasteiger charge is -2.37. The van der Waals surface area contributed by atoms with Crippen LogP contribution in [0.2, 0.25) is 0 Å². The van der Waals surface area contributed by atoms with Gasteiger partial charge in [0.05, 0.1) is 13.0 Å². The van der Waals surface area contributed by atoms with E-state index in [1.807, 2.05) is 4.90 Å². The molecule has 2 amide bonds. The van der Waals surface area contributed by atoms with Crippen molar-refractivity contribution in [3.63, 3.8) is 0 Å². The van der Waals surface area contributed by atoms with Crippen LogP contribution in [0, 0.1) is 5.92 Å². The number of carbonyl (C=O) groups is 2. The Balaban J connectivity index is 0.00000280. The Labute approximate surface area is 173 Å². The number of urea groups is 1. The van der Waals surface area contributed by atoms with Crippen molar-refractivity contribution in [2.45, 2.75) is 38.3 Å². The molecule has 2 aliphatic rings. The normalized spacial score (nSPS) is 22.2. The van der Waals surface area contributed by atoms with Crippen molar-refractivity contribution in [3.8, 4) is 0 Å². The van der Waals surface area contributed by atoms with E-state index >= 15 is 0 Å². The number of benzene rings is 1. The van der Waals surface area contributed by atoms with Crippen molar-refractivity contribution < 1.29 is 14.3 Å². The Morgan fingerprint density at radius 1 is 1.07 bits per heavy atom. The number of methoxy groups -OCH3 is 1. The van der Waals surface area contributed by atoms with Crippen LogP contribution in [0.25, 0.3) is 0 Å². The maximum absolute atomic E-state index is 12.6. The monoisotopic (exact) mass is 410 g/mol. The molecule has 3 rings (SSSR count). The van der Waals surface area contributed by atoms with Gasteiger partial charge in [0.25, 0.3) is 0 Å². The average Bonchev–Trinajstić information content (AvgIpc) is 2.74. The number of piperazine rings is 1. The molecule has 2 fully saturated rings. The van der Waals surface area contributed by atoms with Crippen LogP contribution in [-0.4, -0.2) is 56.2 Å². The number of hydrogen-bond acceptors (Lipinski definition) is 5.